The molecule has 1 aromatic rings. The number of nitrogens with zero attached hydrogens (tertiary/aromatic N) is 2. The third-order valence-electron chi connectivity index (χ3n) is 4.24. The Morgan fingerprint density at radius 3 is 2.43 bits per heavy atom. The minimum Gasteiger partial charge on any atom is -0.356 e. The van der Waals surface area contributed by atoms with Crippen LogP contribution in [0.5, 0.6) is 0 Å². The van der Waals surface area contributed by atoms with Crippen LogP contribution in [-0.2, 0) is 4.79 Å². The van der Waals surface area contributed by atoms with Crippen LogP contribution in [0.1, 0.15) is 29.6 Å². The molecule has 0 unspecified atom stereocenters. The summed E-state index contributed by atoms with van der Waals surface area (Å²) in [7, 11) is 2.15. The summed E-state index contributed by atoms with van der Waals surface area (Å²) in [6.45, 7) is 6.16. The molecular formula is C18H27N3O2. The van der Waals surface area contributed by atoms with Crippen molar-refractivity contribution in [2.24, 2.45) is 0 Å². The molecule has 0 aliphatic carbocycles. The van der Waals surface area contributed by atoms with Crippen molar-refractivity contribution in [2.75, 3.05) is 46.3 Å². The van der Waals surface area contributed by atoms with Crippen molar-refractivity contribution in [3.63, 3.8) is 0 Å². The van der Waals surface area contributed by atoms with Crippen molar-refractivity contribution < 1.29 is 9.59 Å². The maximum absolute atomic E-state index is 11.9. The number of nitrogens with one attached hydrogen (secondary N) is 1. The number of rotatable bonds is 8. The minimum atomic E-state index is -0.0346. The Morgan fingerprint density at radius 2 is 1.74 bits per heavy atom. The van der Waals surface area contributed by atoms with Gasteiger partial charge in [0.05, 0.1) is 0 Å². The Labute approximate surface area is 138 Å². The fraction of sp³-hybridized carbons (Fsp3) is 0.556. The Bertz CT molecular complexity index is 496. The number of piperazine rings is 1. The van der Waals surface area contributed by atoms with Gasteiger partial charge in [-0.1, -0.05) is 30.3 Å². The number of hydrogen-bond donors (Lipinski definition) is 1. The molecule has 1 saturated heterocycles. The van der Waals surface area contributed by atoms with E-state index in [1.165, 1.54) is 0 Å². The SMILES string of the molecule is CN1CCN(CCCNC(=O)CCC(=O)c2ccccc2)CC1. The summed E-state index contributed by atoms with van der Waals surface area (Å²) in [6.07, 6.45) is 1.50. The molecule has 1 amide bonds. The second kappa shape index (κ2) is 9.43. The molecule has 23 heavy (non-hydrogen) atoms. The van der Waals surface area contributed by atoms with Crippen molar-refractivity contribution in [1.29, 1.82) is 0 Å². The van der Waals surface area contributed by atoms with Crippen molar-refractivity contribution in [3.05, 3.63) is 35.9 Å². The largest absolute Gasteiger partial charge is 0.356 e. The number of benzene rings is 1. The molecule has 0 saturated carbocycles. The van der Waals surface area contributed by atoms with Crippen LogP contribution in [0.25, 0.3) is 0 Å². The number of hydrogen-bond acceptors (Lipinski definition) is 4. The van der Waals surface area contributed by atoms with Crippen molar-refractivity contribution >= 4 is 11.7 Å². The van der Waals surface area contributed by atoms with Crippen molar-refractivity contribution in [2.45, 2.75) is 19.3 Å². The van der Waals surface area contributed by atoms with E-state index >= 15 is 0 Å². The summed E-state index contributed by atoms with van der Waals surface area (Å²) in [5.74, 6) is -0.00848. The van der Waals surface area contributed by atoms with Crippen LogP contribution < -0.4 is 5.32 Å². The number of amides is 1. The topological polar surface area (TPSA) is 52.6 Å². The fourth-order valence-corrected chi connectivity index (χ4v) is 2.69. The molecule has 5 heteroatoms. The molecule has 0 bridgehead atoms. The van der Waals surface area contributed by atoms with Crippen molar-refractivity contribution in [1.82, 2.24) is 15.1 Å². The highest BCUT2D eigenvalue weighted by molar-refractivity contribution is 5.97. The monoisotopic (exact) mass is 317 g/mol. The predicted molar refractivity (Wildman–Crippen MR) is 91.6 cm³/mol. The maximum atomic E-state index is 11.9. The quantitative estimate of drug-likeness (QED) is 0.582. The molecule has 1 N–H and O–H groups in total. The van der Waals surface area contributed by atoms with E-state index in [0.29, 0.717) is 12.1 Å². The van der Waals surface area contributed by atoms with Crippen LogP contribution in [0, 0.1) is 0 Å². The van der Waals surface area contributed by atoms with E-state index in [0.717, 1.165) is 39.1 Å². The zero-order valence-electron chi connectivity index (χ0n) is 14.0. The first-order chi connectivity index (χ1) is 11.1. The second-order valence-corrected chi connectivity index (χ2v) is 6.14. The zero-order valence-corrected chi connectivity index (χ0v) is 14.0. The van der Waals surface area contributed by atoms with Gasteiger partial charge in [0.1, 0.15) is 0 Å². The molecule has 1 heterocycles. The number of carbonyl (C=O) groups excluding carboxylic acids is 2. The van der Waals surface area contributed by atoms with Crippen LogP contribution in [0.3, 0.4) is 0 Å². The first-order valence-electron chi connectivity index (χ1n) is 8.41. The Balaban J connectivity index is 1.54. The lowest BCUT2D eigenvalue weighted by Gasteiger charge is -2.32. The average molecular weight is 317 g/mol. The smallest absolute Gasteiger partial charge is 0.220 e. The van der Waals surface area contributed by atoms with Crippen LogP contribution in [0.2, 0.25) is 0 Å². The highest BCUT2D eigenvalue weighted by Crippen LogP contribution is 2.05. The van der Waals surface area contributed by atoms with Gasteiger partial charge in [0.2, 0.25) is 5.91 Å². The number of Topliss-reactive ketones (excluding diaryl/α,β-unsaturated/α-hetero) is 1. The standard InChI is InChI=1S/C18H27N3O2/c1-20-12-14-21(15-13-20)11-5-10-19-18(23)9-8-17(22)16-6-3-2-4-7-16/h2-4,6-7H,5,8-15H2,1H3,(H,19,23). The van der Waals surface area contributed by atoms with Gasteiger partial charge in [0.15, 0.2) is 5.78 Å². The highest BCUT2D eigenvalue weighted by Gasteiger charge is 2.13. The van der Waals surface area contributed by atoms with Gasteiger partial charge in [-0.2, -0.15) is 0 Å². The number of carbonyl (C=O) groups is 2. The molecular weight excluding hydrogens is 290 g/mol. The molecule has 1 aliphatic rings. The summed E-state index contributed by atoms with van der Waals surface area (Å²) in [6, 6.07) is 9.13. The van der Waals surface area contributed by atoms with E-state index in [4.69, 9.17) is 0 Å². The van der Waals surface area contributed by atoms with Gasteiger partial charge >= 0.3 is 0 Å². The summed E-state index contributed by atoms with van der Waals surface area (Å²) in [4.78, 5) is 28.5. The van der Waals surface area contributed by atoms with Crippen LogP contribution in [-0.4, -0.2) is 67.8 Å². The molecule has 0 atom stereocenters. The van der Waals surface area contributed by atoms with E-state index in [1.807, 2.05) is 18.2 Å². The van der Waals surface area contributed by atoms with Gasteiger partial charge in [-0.15, -0.1) is 0 Å². The van der Waals surface area contributed by atoms with E-state index in [-0.39, 0.29) is 24.5 Å². The summed E-state index contributed by atoms with van der Waals surface area (Å²) in [5, 5.41) is 2.91. The van der Waals surface area contributed by atoms with E-state index in [1.54, 1.807) is 12.1 Å². The van der Waals surface area contributed by atoms with Gasteiger partial charge in [-0.3, -0.25) is 9.59 Å². The molecule has 5 nitrogen and oxygen atoms in total. The van der Waals surface area contributed by atoms with Gasteiger partial charge in [-0.25, -0.2) is 0 Å². The Kier molecular flexibility index (Phi) is 7.23. The molecule has 2 rings (SSSR count). The van der Waals surface area contributed by atoms with Gasteiger partial charge in [0.25, 0.3) is 0 Å². The summed E-state index contributed by atoms with van der Waals surface area (Å²) < 4.78 is 0. The zero-order chi connectivity index (χ0) is 16.5. The van der Waals surface area contributed by atoms with Crippen LogP contribution in [0.4, 0.5) is 0 Å². The second-order valence-electron chi connectivity index (χ2n) is 6.14. The average Bonchev–Trinajstić information content (AvgIpc) is 2.59. The lowest BCUT2D eigenvalue weighted by Crippen LogP contribution is -2.45. The fourth-order valence-electron chi connectivity index (χ4n) is 2.69. The van der Waals surface area contributed by atoms with Crippen LogP contribution >= 0.6 is 0 Å². The Hall–Kier alpha value is -1.72. The van der Waals surface area contributed by atoms with E-state index < -0.39 is 0 Å². The minimum absolute atomic E-state index is 0.0261. The normalized spacial score (nSPS) is 16.2. The lowest BCUT2D eigenvalue weighted by molar-refractivity contribution is -0.121. The van der Waals surface area contributed by atoms with E-state index in [9.17, 15) is 9.59 Å². The highest BCUT2D eigenvalue weighted by atomic mass is 16.2. The molecule has 0 aromatic heterocycles. The predicted octanol–water partition coefficient (Wildman–Crippen LogP) is 1.40. The number of likely N-dealkylation sites (N-methyl/N-ethyl adjacent to an activating group) is 1. The first-order valence-corrected chi connectivity index (χ1v) is 8.41. The molecule has 0 radical (unpaired) electrons. The van der Waals surface area contributed by atoms with Gasteiger partial charge in [0, 0.05) is 51.1 Å². The summed E-state index contributed by atoms with van der Waals surface area (Å²) in [5.41, 5.74) is 0.676. The Morgan fingerprint density at radius 1 is 1.04 bits per heavy atom. The molecule has 1 aliphatic heterocycles. The van der Waals surface area contributed by atoms with Crippen molar-refractivity contribution in [3.8, 4) is 0 Å². The third-order valence-corrected chi connectivity index (χ3v) is 4.24. The molecule has 126 valence electrons. The molecule has 0 spiro atoms. The molecule has 1 fully saturated rings. The van der Waals surface area contributed by atoms with Gasteiger partial charge in [-0.05, 0) is 20.0 Å². The first kappa shape index (κ1) is 17.6. The van der Waals surface area contributed by atoms with E-state index in [2.05, 4.69) is 22.2 Å². The molecule has 1 aromatic carbocycles. The lowest BCUT2D eigenvalue weighted by atomic mass is 10.1. The maximum Gasteiger partial charge on any atom is 0.220 e. The van der Waals surface area contributed by atoms with Crippen LogP contribution in [0.15, 0.2) is 30.3 Å². The van der Waals surface area contributed by atoms with Gasteiger partial charge < -0.3 is 15.1 Å². The summed E-state index contributed by atoms with van der Waals surface area (Å²) >= 11 is 0. The number of ketones is 1. The third kappa shape index (κ3) is 6.50.